The lowest BCUT2D eigenvalue weighted by Gasteiger charge is -2.34. The number of thiazole rings is 1. The van der Waals surface area contributed by atoms with Crippen LogP contribution in [0.3, 0.4) is 0 Å². The predicted octanol–water partition coefficient (Wildman–Crippen LogP) is 2.76. The molecule has 156 valence electrons. The molecule has 9 heteroatoms. The normalized spacial score (nSPS) is 14.2. The maximum absolute atomic E-state index is 12.7. The molecule has 0 bridgehead atoms. The summed E-state index contributed by atoms with van der Waals surface area (Å²) in [6.07, 6.45) is 2.17. The van der Waals surface area contributed by atoms with Gasteiger partial charge in [0.15, 0.2) is 10.9 Å². The topological polar surface area (TPSA) is 95.8 Å². The SMILES string of the molecule is CCC(=O)Nc1nc2ccc(CC(=O)N3CCN(C(=O)c4ccco4)CC3)cc2s1. The Morgan fingerprint density at radius 3 is 2.60 bits per heavy atom. The van der Waals surface area contributed by atoms with E-state index >= 15 is 0 Å². The summed E-state index contributed by atoms with van der Waals surface area (Å²) in [5.74, 6) is 0.133. The first kappa shape index (κ1) is 20.1. The average Bonchev–Trinajstić information content (AvgIpc) is 3.42. The fraction of sp³-hybridized carbons (Fsp3) is 0.333. The van der Waals surface area contributed by atoms with Crippen LogP contribution in [0.25, 0.3) is 10.2 Å². The van der Waals surface area contributed by atoms with Crippen LogP contribution in [0.15, 0.2) is 41.0 Å². The molecule has 0 saturated carbocycles. The number of fused-ring (bicyclic) bond motifs is 1. The smallest absolute Gasteiger partial charge is 0.289 e. The van der Waals surface area contributed by atoms with E-state index in [-0.39, 0.29) is 24.1 Å². The van der Waals surface area contributed by atoms with Crippen LogP contribution in [-0.4, -0.2) is 58.7 Å². The second-order valence-corrected chi connectivity index (χ2v) is 8.08. The highest BCUT2D eigenvalue weighted by atomic mass is 32.1. The lowest BCUT2D eigenvalue weighted by Crippen LogP contribution is -2.50. The van der Waals surface area contributed by atoms with E-state index < -0.39 is 0 Å². The van der Waals surface area contributed by atoms with Crippen molar-refractivity contribution >= 4 is 44.4 Å². The highest BCUT2D eigenvalue weighted by molar-refractivity contribution is 7.22. The average molecular weight is 426 g/mol. The van der Waals surface area contributed by atoms with Gasteiger partial charge in [-0.15, -0.1) is 0 Å². The van der Waals surface area contributed by atoms with Gasteiger partial charge in [0.05, 0.1) is 22.9 Å². The van der Waals surface area contributed by atoms with Gasteiger partial charge < -0.3 is 19.5 Å². The Hall–Kier alpha value is -3.20. The van der Waals surface area contributed by atoms with E-state index in [9.17, 15) is 14.4 Å². The lowest BCUT2D eigenvalue weighted by molar-refractivity contribution is -0.132. The molecule has 1 N–H and O–H groups in total. The Morgan fingerprint density at radius 1 is 1.13 bits per heavy atom. The zero-order valence-electron chi connectivity index (χ0n) is 16.6. The van der Waals surface area contributed by atoms with Gasteiger partial charge >= 0.3 is 0 Å². The van der Waals surface area contributed by atoms with E-state index in [4.69, 9.17) is 4.42 Å². The van der Waals surface area contributed by atoms with Crippen molar-refractivity contribution in [3.8, 4) is 0 Å². The highest BCUT2D eigenvalue weighted by Crippen LogP contribution is 2.27. The summed E-state index contributed by atoms with van der Waals surface area (Å²) in [5, 5.41) is 3.34. The quantitative estimate of drug-likeness (QED) is 0.677. The molecule has 3 aromatic rings. The molecule has 2 aromatic heterocycles. The zero-order valence-corrected chi connectivity index (χ0v) is 17.4. The van der Waals surface area contributed by atoms with Crippen molar-refractivity contribution in [2.45, 2.75) is 19.8 Å². The number of nitrogens with one attached hydrogen (secondary N) is 1. The molecule has 3 amide bonds. The molecule has 0 atom stereocenters. The first-order chi connectivity index (χ1) is 14.5. The minimum Gasteiger partial charge on any atom is -0.459 e. The molecule has 0 radical (unpaired) electrons. The number of hydrogen-bond donors (Lipinski definition) is 1. The number of piperazine rings is 1. The Labute approximate surface area is 177 Å². The molecule has 0 spiro atoms. The molecule has 1 fully saturated rings. The van der Waals surface area contributed by atoms with E-state index in [1.165, 1.54) is 17.6 Å². The molecule has 1 aliphatic rings. The van der Waals surface area contributed by atoms with Crippen molar-refractivity contribution in [1.82, 2.24) is 14.8 Å². The number of hydrogen-bond acceptors (Lipinski definition) is 6. The molecule has 1 aliphatic heterocycles. The number of amides is 3. The number of furan rings is 1. The fourth-order valence-corrected chi connectivity index (χ4v) is 4.29. The first-order valence-electron chi connectivity index (χ1n) is 9.83. The Morgan fingerprint density at radius 2 is 1.90 bits per heavy atom. The Kier molecular flexibility index (Phi) is 5.80. The van der Waals surface area contributed by atoms with Crippen LogP contribution >= 0.6 is 11.3 Å². The Bertz CT molecular complexity index is 1070. The van der Waals surface area contributed by atoms with Crippen molar-refractivity contribution in [3.05, 3.63) is 47.9 Å². The monoisotopic (exact) mass is 426 g/mol. The van der Waals surface area contributed by atoms with Crippen molar-refractivity contribution in [3.63, 3.8) is 0 Å². The standard InChI is InChI=1S/C21H22N4O4S/c1-2-18(26)23-21-22-15-6-5-14(12-17(15)30-21)13-19(27)24-7-9-25(10-8-24)20(28)16-4-3-11-29-16/h3-6,11-12H,2,7-10,13H2,1H3,(H,22,23,26). The summed E-state index contributed by atoms with van der Waals surface area (Å²) in [7, 11) is 0. The number of anilines is 1. The highest BCUT2D eigenvalue weighted by Gasteiger charge is 2.26. The van der Waals surface area contributed by atoms with Crippen LogP contribution in [0.1, 0.15) is 29.5 Å². The third kappa shape index (κ3) is 4.35. The predicted molar refractivity (Wildman–Crippen MR) is 113 cm³/mol. The van der Waals surface area contributed by atoms with Crippen molar-refractivity contribution in [2.75, 3.05) is 31.5 Å². The molecule has 3 heterocycles. The maximum Gasteiger partial charge on any atom is 0.289 e. The minimum absolute atomic E-state index is 0.0310. The van der Waals surface area contributed by atoms with Crippen molar-refractivity contribution < 1.29 is 18.8 Å². The van der Waals surface area contributed by atoms with E-state index in [2.05, 4.69) is 10.3 Å². The van der Waals surface area contributed by atoms with Crippen LogP contribution in [0.4, 0.5) is 5.13 Å². The van der Waals surface area contributed by atoms with Gasteiger partial charge in [-0.05, 0) is 29.8 Å². The largest absolute Gasteiger partial charge is 0.459 e. The molecule has 30 heavy (non-hydrogen) atoms. The maximum atomic E-state index is 12.7. The molecule has 0 unspecified atom stereocenters. The van der Waals surface area contributed by atoms with E-state index in [1.807, 2.05) is 18.2 Å². The van der Waals surface area contributed by atoms with E-state index in [0.717, 1.165) is 15.8 Å². The fourth-order valence-electron chi connectivity index (χ4n) is 3.34. The van der Waals surface area contributed by atoms with Gasteiger partial charge in [-0.1, -0.05) is 24.3 Å². The van der Waals surface area contributed by atoms with Crippen LogP contribution in [0.2, 0.25) is 0 Å². The van der Waals surface area contributed by atoms with Gasteiger partial charge in [-0.2, -0.15) is 0 Å². The molecular weight excluding hydrogens is 404 g/mol. The van der Waals surface area contributed by atoms with Crippen LogP contribution in [0, 0.1) is 0 Å². The van der Waals surface area contributed by atoms with Crippen molar-refractivity contribution in [2.24, 2.45) is 0 Å². The van der Waals surface area contributed by atoms with Gasteiger partial charge in [-0.3, -0.25) is 14.4 Å². The summed E-state index contributed by atoms with van der Waals surface area (Å²) in [4.78, 5) is 44.5. The third-order valence-electron chi connectivity index (χ3n) is 5.03. The van der Waals surface area contributed by atoms with Crippen LogP contribution in [-0.2, 0) is 16.0 Å². The van der Waals surface area contributed by atoms with Gasteiger partial charge in [0.25, 0.3) is 5.91 Å². The number of carbonyl (C=O) groups is 3. The number of rotatable bonds is 5. The second-order valence-electron chi connectivity index (χ2n) is 7.05. The number of aromatic nitrogens is 1. The molecule has 8 nitrogen and oxygen atoms in total. The molecule has 1 aromatic carbocycles. The Balaban J connectivity index is 1.35. The number of benzene rings is 1. The number of carbonyl (C=O) groups excluding carboxylic acids is 3. The number of nitrogens with zero attached hydrogens (tertiary/aromatic N) is 3. The summed E-state index contributed by atoms with van der Waals surface area (Å²) >= 11 is 1.40. The summed E-state index contributed by atoms with van der Waals surface area (Å²) in [6, 6.07) is 9.05. The minimum atomic E-state index is -0.145. The summed E-state index contributed by atoms with van der Waals surface area (Å²) in [6.45, 7) is 3.76. The second kappa shape index (κ2) is 8.66. The van der Waals surface area contributed by atoms with Gasteiger partial charge in [-0.25, -0.2) is 4.98 Å². The molecule has 0 aliphatic carbocycles. The van der Waals surface area contributed by atoms with Gasteiger partial charge in [0.2, 0.25) is 11.8 Å². The van der Waals surface area contributed by atoms with Crippen LogP contribution < -0.4 is 5.32 Å². The van der Waals surface area contributed by atoms with Crippen LogP contribution in [0.5, 0.6) is 0 Å². The van der Waals surface area contributed by atoms with E-state index in [0.29, 0.717) is 43.5 Å². The van der Waals surface area contributed by atoms with Crippen molar-refractivity contribution in [1.29, 1.82) is 0 Å². The molecule has 4 rings (SSSR count). The zero-order chi connectivity index (χ0) is 21.1. The molecule has 1 saturated heterocycles. The first-order valence-corrected chi connectivity index (χ1v) is 10.6. The molecular formula is C21H22N4O4S. The van der Waals surface area contributed by atoms with Gasteiger partial charge in [0.1, 0.15) is 0 Å². The summed E-state index contributed by atoms with van der Waals surface area (Å²) in [5.41, 5.74) is 1.70. The summed E-state index contributed by atoms with van der Waals surface area (Å²) < 4.78 is 6.10. The van der Waals surface area contributed by atoms with E-state index in [1.54, 1.807) is 28.9 Å². The van der Waals surface area contributed by atoms with Gasteiger partial charge in [0, 0.05) is 32.6 Å². The third-order valence-corrected chi connectivity index (χ3v) is 5.96. The lowest BCUT2D eigenvalue weighted by atomic mass is 10.1.